The number of rotatable bonds is 28. The summed E-state index contributed by atoms with van der Waals surface area (Å²) in [5.41, 5.74) is 2.39. The highest BCUT2D eigenvalue weighted by Gasteiger charge is 2.31. The first-order valence-corrected chi connectivity index (χ1v) is 47.4. The number of halogens is 3. The molecule has 3 aliphatic rings. The van der Waals surface area contributed by atoms with E-state index in [9.17, 15) is 70.7 Å². The molecular weight excluding hydrogens is 1690 g/mol. The van der Waals surface area contributed by atoms with Crippen molar-refractivity contribution >= 4 is 70.9 Å². The summed E-state index contributed by atoms with van der Waals surface area (Å²) in [6.07, 6.45) is 10.6. The topological polar surface area (TPSA) is 390 Å². The number of benzene rings is 1. The van der Waals surface area contributed by atoms with Crippen molar-refractivity contribution in [2.75, 3.05) is 66.6 Å². The van der Waals surface area contributed by atoms with Gasteiger partial charge in [-0.25, -0.2) is 9.59 Å². The number of pyridine rings is 2. The molecule has 5 heterocycles. The number of carbonyl (C=O) groups excluding carboxylic acids is 12. The zero-order chi connectivity index (χ0) is 103. The molecule has 2 aromatic heterocycles. The summed E-state index contributed by atoms with van der Waals surface area (Å²) < 4.78 is 39.7. The Hall–Kier alpha value is -9.17. The van der Waals surface area contributed by atoms with Gasteiger partial charge in [0.05, 0.1) is 6.54 Å². The number of carbonyl (C=O) groups is 12. The number of hydrogen-bond donors (Lipinski definition) is 11. The average Bonchev–Trinajstić information content (AvgIpc) is 1.29. The number of nitrogens with zero attached hydrogens (tertiary/aromatic N) is 5. The summed E-state index contributed by atoms with van der Waals surface area (Å²) in [4.78, 5) is 146. The van der Waals surface area contributed by atoms with Crippen LogP contribution in [0.3, 0.4) is 0 Å². The second-order valence-corrected chi connectivity index (χ2v) is 38.4. The Balaban J connectivity index is -0.000000329. The zero-order valence-electron chi connectivity index (χ0n) is 87.3. The number of aliphatic hydroxyl groups excluding tert-OH is 1. The van der Waals surface area contributed by atoms with Crippen LogP contribution in [-0.4, -0.2) is 234 Å². The summed E-state index contributed by atoms with van der Waals surface area (Å²) in [6.45, 7) is 66.5. The van der Waals surface area contributed by atoms with Gasteiger partial charge < -0.3 is 72.8 Å². The van der Waals surface area contributed by atoms with Gasteiger partial charge in [-0.15, -0.1) is 0 Å². The van der Waals surface area contributed by atoms with Crippen molar-refractivity contribution in [2.45, 2.75) is 371 Å². The molecule has 12 amide bonds. The number of hydrogen-bond acceptors (Lipinski definition) is 17. The van der Waals surface area contributed by atoms with Crippen LogP contribution in [0.4, 0.5) is 22.8 Å². The number of amides is 12. The first kappa shape index (κ1) is 134. The monoisotopic (exact) mass is 1870 g/mol. The minimum Gasteiger partial charge on any atom is -0.387 e. The Bertz CT molecular complexity index is 3380. The predicted octanol–water partition coefficient (Wildman–Crippen LogP) is 16.2. The summed E-state index contributed by atoms with van der Waals surface area (Å²) in [5, 5.41) is 35.5. The third-order valence-electron chi connectivity index (χ3n) is 16.9. The van der Waals surface area contributed by atoms with Crippen LogP contribution >= 0.6 is 0 Å². The SMILES string of the molecule is CC(C)CC(=O)Cc1ccccc1.CC(C)CC(=O)NC(C)C.CC(C)CC(=O)c1cccnc1.CC(C)NC(=O)C1CCOCC1.CC(C)NC(=O)CC(C)(C)C.CC(C)NC(=O)CC(F)(F)F.CC(C)NC(=O)CN1CCCC1.CC(C)NC(=O)CO.CC(C)NC(=O)N(C)C.CC(C)NC(=O)c1ccccn1.CCC(=O)NC(C)C.CCC1CCN(C(=O)NC(C)C)CC1. The lowest BCUT2D eigenvalue weighted by atomic mass is 9.92. The Morgan fingerprint density at radius 3 is 1.27 bits per heavy atom. The molecule has 762 valence electrons. The lowest BCUT2D eigenvalue weighted by Crippen LogP contribution is -2.46. The fourth-order valence-corrected chi connectivity index (χ4v) is 11.3. The number of ether oxygens (including phenoxy) is 1. The quantitative estimate of drug-likeness (QED) is 0.0301. The molecule has 32 heteroatoms. The molecule has 132 heavy (non-hydrogen) atoms. The molecule has 11 N–H and O–H groups in total. The van der Waals surface area contributed by atoms with Crippen LogP contribution in [0.25, 0.3) is 0 Å². The summed E-state index contributed by atoms with van der Waals surface area (Å²) in [5.74, 6) is 2.22. The van der Waals surface area contributed by atoms with E-state index in [4.69, 9.17) is 9.84 Å². The Kier molecular flexibility index (Phi) is 80.2. The van der Waals surface area contributed by atoms with Gasteiger partial charge in [0, 0.05) is 169 Å². The van der Waals surface area contributed by atoms with Gasteiger partial charge in [-0.1, -0.05) is 119 Å². The van der Waals surface area contributed by atoms with Gasteiger partial charge >= 0.3 is 18.2 Å². The Morgan fingerprint density at radius 1 is 0.470 bits per heavy atom. The highest BCUT2D eigenvalue weighted by Crippen LogP contribution is 2.22. The fraction of sp³-hybridized carbons (Fsp3) is 0.720. The molecule has 0 unspecified atom stereocenters. The van der Waals surface area contributed by atoms with Gasteiger partial charge in [0.1, 0.15) is 24.5 Å². The summed E-state index contributed by atoms with van der Waals surface area (Å²) >= 11 is 0. The van der Waals surface area contributed by atoms with Crippen LogP contribution in [0.1, 0.15) is 325 Å². The van der Waals surface area contributed by atoms with Crippen LogP contribution < -0.4 is 53.2 Å². The van der Waals surface area contributed by atoms with E-state index in [1.54, 1.807) is 76.9 Å². The highest BCUT2D eigenvalue weighted by molar-refractivity contribution is 5.96. The van der Waals surface area contributed by atoms with Gasteiger partial charge in [0.2, 0.25) is 41.4 Å². The average molecular weight is 1880 g/mol. The van der Waals surface area contributed by atoms with Gasteiger partial charge in [0.15, 0.2) is 5.78 Å². The van der Waals surface area contributed by atoms with Crippen molar-refractivity contribution in [3.05, 3.63) is 96.1 Å². The normalized spacial score (nSPS) is 12.9. The maximum absolute atomic E-state index is 11.6. The van der Waals surface area contributed by atoms with Crippen molar-refractivity contribution < 1.29 is 80.5 Å². The number of ketones is 2. The molecule has 0 atom stereocenters. The maximum atomic E-state index is 11.6. The molecule has 1 aromatic carbocycles. The lowest BCUT2D eigenvalue weighted by molar-refractivity contribution is -0.154. The van der Waals surface area contributed by atoms with E-state index in [0.29, 0.717) is 79.9 Å². The number of Topliss-reactive ketones (excluding diaryl/α,β-unsaturated/α-hetero) is 2. The number of aromatic nitrogens is 2. The van der Waals surface area contributed by atoms with E-state index < -0.39 is 25.1 Å². The molecule has 0 radical (unpaired) electrons. The zero-order valence-corrected chi connectivity index (χ0v) is 87.3. The second-order valence-electron chi connectivity index (χ2n) is 38.4. The number of urea groups is 2. The van der Waals surface area contributed by atoms with Crippen LogP contribution in [-0.2, 0) is 49.5 Å². The van der Waals surface area contributed by atoms with E-state index in [0.717, 1.165) is 63.7 Å². The molecule has 0 bridgehead atoms. The van der Waals surface area contributed by atoms with E-state index in [1.807, 2.05) is 194 Å². The van der Waals surface area contributed by atoms with Crippen molar-refractivity contribution in [1.29, 1.82) is 0 Å². The number of piperidine rings is 1. The van der Waals surface area contributed by atoms with Crippen LogP contribution in [0.5, 0.6) is 0 Å². The molecule has 3 aliphatic heterocycles. The van der Waals surface area contributed by atoms with Gasteiger partial charge in [0.25, 0.3) is 5.91 Å². The van der Waals surface area contributed by atoms with Crippen LogP contribution in [0.15, 0.2) is 79.3 Å². The van der Waals surface area contributed by atoms with Crippen LogP contribution in [0.2, 0.25) is 0 Å². The smallest absolute Gasteiger partial charge is 0.387 e. The van der Waals surface area contributed by atoms with Crippen molar-refractivity contribution in [2.24, 2.45) is 35.0 Å². The number of likely N-dealkylation sites (tertiary alicyclic amines) is 2. The Labute approximate surface area is 794 Å². The maximum Gasteiger partial charge on any atom is 0.397 e. The predicted molar refractivity (Wildman–Crippen MR) is 529 cm³/mol. The second kappa shape index (κ2) is 79.2. The first-order valence-electron chi connectivity index (χ1n) is 47.4. The summed E-state index contributed by atoms with van der Waals surface area (Å²) in [7, 11) is 3.44. The van der Waals surface area contributed by atoms with Crippen molar-refractivity contribution in [3.8, 4) is 0 Å². The van der Waals surface area contributed by atoms with E-state index in [-0.39, 0.29) is 131 Å². The Morgan fingerprint density at radius 2 is 0.902 bits per heavy atom. The third-order valence-corrected chi connectivity index (χ3v) is 16.9. The van der Waals surface area contributed by atoms with Gasteiger partial charge in [-0.05, 0) is 249 Å². The van der Waals surface area contributed by atoms with E-state index >= 15 is 0 Å². The number of nitrogens with one attached hydrogen (secondary N) is 10. The van der Waals surface area contributed by atoms with Crippen LogP contribution in [0, 0.1) is 35.0 Å². The van der Waals surface area contributed by atoms with Gasteiger partial charge in [-0.3, -0.25) is 62.8 Å². The van der Waals surface area contributed by atoms with Crippen molar-refractivity contribution in [3.63, 3.8) is 0 Å². The minimum atomic E-state index is -4.40. The minimum absolute atomic E-state index is 0.0370. The molecule has 3 fully saturated rings. The molecule has 0 spiro atoms. The van der Waals surface area contributed by atoms with E-state index in [1.165, 1.54) is 37.0 Å². The van der Waals surface area contributed by atoms with Crippen molar-refractivity contribution in [1.82, 2.24) is 77.8 Å². The first-order chi connectivity index (χ1) is 61.1. The molecule has 6 rings (SSSR count). The van der Waals surface area contributed by atoms with Gasteiger partial charge in [-0.2, -0.15) is 13.2 Å². The molecule has 0 aliphatic carbocycles. The largest absolute Gasteiger partial charge is 0.397 e. The number of aliphatic hydroxyl groups is 1. The molecule has 29 nitrogen and oxygen atoms in total. The molecule has 3 aromatic rings. The standard InChI is InChI=1S/C12H16O.C11H22N2O.C10H13NO.C9H18N2O.C9H12N2O.C9H17NO2.C9H19NO.C8H17NO.C6H10F3NO.C6H14N2O.C6H13NO.C5H11NO2/c1-10(2)8-12(13)9-11-6-4-3-5-7-11;1-4-10-5-7-13(8-6-10)11(14)12-9(2)3;1-8(2)6-10(12)9-4-3-5-11-7-9;1-8(2)10-9(12)7-11-5-3-4-6-11;1-7(2)11-9(12)8-5-3-4-6-10-8;1-7(2)10-9(11)8-3-5-12-6-4-8;1-7(2)10-8(11)6-9(3,4)5;1-6(2)5-8(10)9-7(3)4;1-4(2)10-5(11)3-6(7,8)9;1-5(2)7-6(9)8(3)4;1-4-6(8)7-5(2)3;1-4(2)6-5(8)3-7/h3-7,10H,8-9H2,1-2H3;9-10H,4-8H2,1-3H3,(H,12,14);3-5,7-8H,6H2,1-2H3;8H,3-7H2,1-2H3,(H,10,12);3-7H,1-2H3,(H,11,12);7-8H,3-6H2,1-2H3,(H,10,11);7H,6H2,1-5H3,(H,10,11);6-7H,5H2,1-4H3,(H,9,10);4H,3H2,1-2H3,(H,10,11);5H,1-4H3,(H,7,9);5H,4H2,1-3H3,(H,7,8);4,7H,3H2,1-2H3,(H,6,8). The number of alkyl halides is 3. The fourth-order valence-electron chi connectivity index (χ4n) is 11.3. The molecule has 3 saturated heterocycles. The molecule has 0 saturated carbocycles. The third kappa shape index (κ3) is 94.0. The lowest BCUT2D eigenvalue weighted by Gasteiger charge is -2.32. The highest BCUT2D eigenvalue weighted by atomic mass is 19.4. The molecular formula is C100H182F3N15O14. The van der Waals surface area contributed by atoms with E-state index in [2.05, 4.69) is 110 Å². The summed E-state index contributed by atoms with van der Waals surface area (Å²) in [6, 6.07) is 20.6.